The average molecular weight is 349 g/mol. The second kappa shape index (κ2) is 7.79. The predicted octanol–water partition coefficient (Wildman–Crippen LogP) is 2.24. The maximum atomic E-state index is 10.2. The Balaban J connectivity index is 1.63. The van der Waals surface area contributed by atoms with Gasteiger partial charge < -0.3 is 20.4 Å². The summed E-state index contributed by atoms with van der Waals surface area (Å²) in [4.78, 5) is 10.6. The van der Waals surface area contributed by atoms with E-state index in [2.05, 4.69) is 20.2 Å². The summed E-state index contributed by atoms with van der Waals surface area (Å²) in [6.45, 7) is 1.35. The number of rotatable bonds is 6. The molecule has 2 atom stereocenters. The van der Waals surface area contributed by atoms with Gasteiger partial charge in [0, 0.05) is 24.2 Å². The fourth-order valence-corrected chi connectivity index (χ4v) is 3.06. The van der Waals surface area contributed by atoms with Gasteiger partial charge in [0.1, 0.15) is 18.0 Å². The molecule has 24 heavy (non-hydrogen) atoms. The van der Waals surface area contributed by atoms with Crippen molar-refractivity contribution in [1.82, 2.24) is 9.97 Å². The van der Waals surface area contributed by atoms with E-state index in [4.69, 9.17) is 11.6 Å². The van der Waals surface area contributed by atoms with E-state index in [0.717, 1.165) is 30.8 Å². The van der Waals surface area contributed by atoms with E-state index < -0.39 is 6.10 Å². The normalized spacial score (nSPS) is 18.6. The molecule has 0 saturated carbocycles. The summed E-state index contributed by atoms with van der Waals surface area (Å²) >= 11 is 5.86. The number of aromatic nitrogens is 2. The van der Waals surface area contributed by atoms with Crippen molar-refractivity contribution in [1.29, 1.82) is 0 Å². The Morgan fingerprint density at radius 1 is 1.29 bits per heavy atom. The van der Waals surface area contributed by atoms with Gasteiger partial charge in [0.25, 0.3) is 0 Å². The fraction of sp³-hybridized carbons (Fsp3) is 0.412. The van der Waals surface area contributed by atoms with Gasteiger partial charge in [0.15, 0.2) is 0 Å². The van der Waals surface area contributed by atoms with Gasteiger partial charge >= 0.3 is 0 Å². The van der Waals surface area contributed by atoms with E-state index in [9.17, 15) is 10.2 Å². The standard InChI is InChI=1S/C17H21ClN4O2/c18-13-5-3-12(4-6-13)15(24)9-19-16-8-17(21-11-20-16)22-7-1-2-14(22)10-23/h3-6,8,11,14-15,23-24H,1-2,7,9-10H2,(H,19,20,21)/t14-,15+/m0/s1. The molecule has 0 aliphatic carbocycles. The molecule has 1 aromatic carbocycles. The van der Waals surface area contributed by atoms with Crippen LogP contribution in [0.4, 0.5) is 11.6 Å². The summed E-state index contributed by atoms with van der Waals surface area (Å²) in [6, 6.07) is 9.08. The topological polar surface area (TPSA) is 81.5 Å². The monoisotopic (exact) mass is 348 g/mol. The zero-order valence-electron chi connectivity index (χ0n) is 13.3. The number of anilines is 2. The highest BCUT2D eigenvalue weighted by atomic mass is 35.5. The number of hydrogen-bond donors (Lipinski definition) is 3. The molecule has 0 unspecified atom stereocenters. The number of halogens is 1. The molecule has 0 spiro atoms. The Labute approximate surface area is 146 Å². The first-order chi connectivity index (χ1) is 11.7. The molecule has 1 aromatic heterocycles. The largest absolute Gasteiger partial charge is 0.394 e. The summed E-state index contributed by atoms with van der Waals surface area (Å²) < 4.78 is 0. The lowest BCUT2D eigenvalue weighted by Crippen LogP contribution is -2.32. The second-order valence-corrected chi connectivity index (χ2v) is 6.32. The van der Waals surface area contributed by atoms with Gasteiger partial charge in [-0.3, -0.25) is 0 Å². The van der Waals surface area contributed by atoms with Gasteiger partial charge in [0.05, 0.1) is 18.8 Å². The van der Waals surface area contributed by atoms with Crippen molar-refractivity contribution in [2.45, 2.75) is 25.0 Å². The van der Waals surface area contributed by atoms with Crippen molar-refractivity contribution in [3.8, 4) is 0 Å². The molecule has 3 N–H and O–H groups in total. The Hall–Kier alpha value is -1.89. The Morgan fingerprint density at radius 3 is 2.83 bits per heavy atom. The molecule has 2 heterocycles. The minimum absolute atomic E-state index is 0.118. The molecule has 1 aliphatic rings. The van der Waals surface area contributed by atoms with Crippen LogP contribution in [0.3, 0.4) is 0 Å². The third kappa shape index (κ3) is 3.95. The SMILES string of the molecule is OC[C@@H]1CCCN1c1cc(NC[C@@H](O)c2ccc(Cl)cc2)ncn1. The fourth-order valence-electron chi connectivity index (χ4n) is 2.93. The van der Waals surface area contributed by atoms with E-state index >= 15 is 0 Å². The lowest BCUT2D eigenvalue weighted by molar-refractivity contribution is 0.191. The summed E-state index contributed by atoms with van der Waals surface area (Å²) in [5.41, 5.74) is 0.793. The van der Waals surface area contributed by atoms with Crippen molar-refractivity contribution in [3.05, 3.63) is 47.2 Å². The molecule has 0 bridgehead atoms. The summed E-state index contributed by atoms with van der Waals surface area (Å²) in [6.07, 6.45) is 2.86. The van der Waals surface area contributed by atoms with Gasteiger partial charge in [-0.1, -0.05) is 23.7 Å². The first kappa shape index (κ1) is 17.0. The molecule has 128 valence electrons. The zero-order valence-corrected chi connectivity index (χ0v) is 14.0. The first-order valence-electron chi connectivity index (χ1n) is 8.04. The van der Waals surface area contributed by atoms with Crippen molar-refractivity contribution >= 4 is 23.2 Å². The Kier molecular flexibility index (Phi) is 5.50. The minimum Gasteiger partial charge on any atom is -0.394 e. The summed E-state index contributed by atoms with van der Waals surface area (Å²) in [7, 11) is 0. The lowest BCUT2D eigenvalue weighted by atomic mass is 10.1. The quantitative estimate of drug-likeness (QED) is 0.742. The zero-order chi connectivity index (χ0) is 16.9. The van der Waals surface area contributed by atoms with Gasteiger partial charge in [-0.05, 0) is 30.5 Å². The number of benzene rings is 1. The van der Waals surface area contributed by atoms with Crippen LogP contribution in [0.5, 0.6) is 0 Å². The molecule has 0 amide bonds. The highest BCUT2D eigenvalue weighted by molar-refractivity contribution is 6.30. The number of aliphatic hydroxyl groups excluding tert-OH is 2. The number of hydrogen-bond acceptors (Lipinski definition) is 6. The molecule has 1 saturated heterocycles. The van der Waals surface area contributed by atoms with E-state index in [1.165, 1.54) is 6.33 Å². The maximum Gasteiger partial charge on any atom is 0.134 e. The number of nitrogens with one attached hydrogen (secondary N) is 1. The third-order valence-electron chi connectivity index (χ3n) is 4.27. The van der Waals surface area contributed by atoms with E-state index in [0.29, 0.717) is 17.4 Å². The van der Waals surface area contributed by atoms with Crippen LogP contribution in [0.25, 0.3) is 0 Å². The second-order valence-electron chi connectivity index (χ2n) is 5.88. The smallest absolute Gasteiger partial charge is 0.134 e. The molecule has 6 nitrogen and oxygen atoms in total. The van der Waals surface area contributed by atoms with Crippen molar-refractivity contribution in [3.63, 3.8) is 0 Å². The maximum absolute atomic E-state index is 10.2. The van der Waals surface area contributed by atoms with Gasteiger partial charge in [-0.15, -0.1) is 0 Å². The number of aliphatic hydroxyl groups is 2. The predicted molar refractivity (Wildman–Crippen MR) is 94.4 cm³/mol. The van der Waals surface area contributed by atoms with Gasteiger partial charge in [0.2, 0.25) is 0 Å². The van der Waals surface area contributed by atoms with Crippen LogP contribution in [0.1, 0.15) is 24.5 Å². The summed E-state index contributed by atoms with van der Waals surface area (Å²) in [5.74, 6) is 1.45. The Bertz CT molecular complexity index is 668. The van der Waals surface area contributed by atoms with Crippen LogP contribution in [0.2, 0.25) is 5.02 Å². The van der Waals surface area contributed by atoms with Crippen LogP contribution in [-0.4, -0.2) is 45.9 Å². The molecule has 1 aliphatic heterocycles. The van der Waals surface area contributed by atoms with Crippen LogP contribution >= 0.6 is 11.6 Å². The molecule has 2 aromatic rings. The highest BCUT2D eigenvalue weighted by Gasteiger charge is 2.25. The van der Waals surface area contributed by atoms with Crippen LogP contribution in [-0.2, 0) is 0 Å². The van der Waals surface area contributed by atoms with E-state index in [1.807, 2.05) is 6.07 Å². The average Bonchev–Trinajstić information content (AvgIpc) is 3.09. The van der Waals surface area contributed by atoms with Crippen molar-refractivity contribution in [2.24, 2.45) is 0 Å². The van der Waals surface area contributed by atoms with Gasteiger partial charge in [-0.25, -0.2) is 9.97 Å². The van der Waals surface area contributed by atoms with Crippen molar-refractivity contribution in [2.75, 3.05) is 29.9 Å². The van der Waals surface area contributed by atoms with Crippen LogP contribution in [0.15, 0.2) is 36.7 Å². The molecular weight excluding hydrogens is 328 g/mol. The molecular formula is C17H21ClN4O2. The molecule has 7 heteroatoms. The van der Waals surface area contributed by atoms with Crippen LogP contribution < -0.4 is 10.2 Å². The molecule has 3 rings (SSSR count). The number of nitrogens with zero attached hydrogens (tertiary/aromatic N) is 3. The Morgan fingerprint density at radius 2 is 2.08 bits per heavy atom. The molecule has 0 radical (unpaired) electrons. The van der Waals surface area contributed by atoms with E-state index in [-0.39, 0.29) is 12.6 Å². The van der Waals surface area contributed by atoms with Crippen LogP contribution in [0, 0.1) is 0 Å². The van der Waals surface area contributed by atoms with Gasteiger partial charge in [-0.2, -0.15) is 0 Å². The minimum atomic E-state index is -0.655. The van der Waals surface area contributed by atoms with Crippen molar-refractivity contribution < 1.29 is 10.2 Å². The molecule has 1 fully saturated rings. The first-order valence-corrected chi connectivity index (χ1v) is 8.42. The van der Waals surface area contributed by atoms with E-state index in [1.54, 1.807) is 24.3 Å². The lowest BCUT2D eigenvalue weighted by Gasteiger charge is -2.24. The summed E-state index contributed by atoms with van der Waals surface area (Å²) in [5, 5.41) is 23.5. The third-order valence-corrected chi connectivity index (χ3v) is 4.52. The highest BCUT2D eigenvalue weighted by Crippen LogP contribution is 2.25.